The van der Waals surface area contributed by atoms with E-state index in [0.29, 0.717) is 21.9 Å². The van der Waals surface area contributed by atoms with Crippen LogP contribution in [-0.4, -0.2) is 38.5 Å². The average molecular weight is 436 g/mol. The summed E-state index contributed by atoms with van der Waals surface area (Å²) in [5, 5.41) is 7.98. The van der Waals surface area contributed by atoms with Crippen LogP contribution in [0.3, 0.4) is 0 Å². The molecule has 0 fully saturated rings. The summed E-state index contributed by atoms with van der Waals surface area (Å²) < 4.78 is 6.97. The first kappa shape index (κ1) is 20.7. The Hall–Kier alpha value is -3.59. The SMILES string of the molecule is COc1ccccc1[C@@H](C)NC(=O)CSc1nc2c(cnn2-c2ccccc2)c(=O)[nH]1. The molecule has 0 saturated carbocycles. The van der Waals surface area contributed by atoms with Crippen molar-refractivity contribution in [3.63, 3.8) is 0 Å². The van der Waals surface area contributed by atoms with E-state index in [4.69, 9.17) is 4.74 Å². The number of para-hydroxylation sites is 2. The quantitative estimate of drug-likeness (QED) is 0.342. The molecule has 9 heteroatoms. The summed E-state index contributed by atoms with van der Waals surface area (Å²) in [5.74, 6) is 0.643. The van der Waals surface area contributed by atoms with Gasteiger partial charge >= 0.3 is 0 Å². The highest BCUT2D eigenvalue weighted by molar-refractivity contribution is 7.99. The molecule has 4 rings (SSSR count). The van der Waals surface area contributed by atoms with Crippen LogP contribution in [0.5, 0.6) is 5.75 Å². The van der Waals surface area contributed by atoms with E-state index in [9.17, 15) is 9.59 Å². The molecule has 2 heterocycles. The molecule has 0 saturated heterocycles. The number of nitrogens with zero attached hydrogens (tertiary/aromatic N) is 3. The Balaban J connectivity index is 1.49. The molecule has 0 aliphatic rings. The second-order valence-electron chi connectivity index (χ2n) is 6.82. The smallest absolute Gasteiger partial charge is 0.262 e. The van der Waals surface area contributed by atoms with Crippen LogP contribution in [0.2, 0.25) is 0 Å². The standard InChI is InChI=1S/C22H21N5O3S/c1-14(16-10-6-7-11-18(16)30-2)24-19(28)13-31-22-25-20-17(21(29)26-22)12-23-27(20)15-8-4-3-5-9-15/h3-12,14H,13H2,1-2H3,(H,24,28)(H,25,26,29)/t14-/m1/s1. The minimum atomic E-state index is -0.294. The fraction of sp³-hybridized carbons (Fsp3) is 0.182. The summed E-state index contributed by atoms with van der Waals surface area (Å²) in [7, 11) is 1.60. The maximum absolute atomic E-state index is 12.5. The van der Waals surface area contributed by atoms with Gasteiger partial charge in [-0.15, -0.1) is 0 Å². The van der Waals surface area contributed by atoms with Crippen LogP contribution >= 0.6 is 11.8 Å². The van der Waals surface area contributed by atoms with Crippen LogP contribution in [0.15, 0.2) is 70.7 Å². The van der Waals surface area contributed by atoms with Gasteiger partial charge in [-0.2, -0.15) is 5.10 Å². The molecule has 158 valence electrons. The van der Waals surface area contributed by atoms with Crippen molar-refractivity contribution in [1.29, 1.82) is 0 Å². The van der Waals surface area contributed by atoms with E-state index in [2.05, 4.69) is 20.4 Å². The van der Waals surface area contributed by atoms with Gasteiger partial charge in [-0.05, 0) is 25.1 Å². The Labute approximate surface area is 182 Å². The minimum Gasteiger partial charge on any atom is -0.496 e. The first-order valence-corrected chi connectivity index (χ1v) is 10.6. The van der Waals surface area contributed by atoms with Crippen molar-refractivity contribution in [3.05, 3.63) is 76.7 Å². The fourth-order valence-electron chi connectivity index (χ4n) is 3.24. The number of methoxy groups -OCH3 is 1. The molecule has 0 unspecified atom stereocenters. The fourth-order valence-corrected chi connectivity index (χ4v) is 3.91. The lowest BCUT2D eigenvalue weighted by molar-refractivity contribution is -0.119. The highest BCUT2D eigenvalue weighted by Gasteiger charge is 2.16. The Morgan fingerprint density at radius 2 is 1.94 bits per heavy atom. The zero-order valence-corrected chi connectivity index (χ0v) is 17.8. The van der Waals surface area contributed by atoms with Gasteiger partial charge in [0, 0.05) is 5.56 Å². The molecule has 0 aliphatic heterocycles. The molecular weight excluding hydrogens is 414 g/mol. The number of amides is 1. The van der Waals surface area contributed by atoms with Gasteiger partial charge in [0.15, 0.2) is 10.8 Å². The number of aromatic amines is 1. The van der Waals surface area contributed by atoms with Gasteiger partial charge in [-0.1, -0.05) is 48.2 Å². The van der Waals surface area contributed by atoms with Crippen molar-refractivity contribution < 1.29 is 9.53 Å². The number of H-pyrrole nitrogens is 1. The van der Waals surface area contributed by atoms with Crippen molar-refractivity contribution in [2.75, 3.05) is 12.9 Å². The van der Waals surface area contributed by atoms with Crippen LogP contribution in [0, 0.1) is 0 Å². The van der Waals surface area contributed by atoms with Gasteiger partial charge in [-0.3, -0.25) is 9.59 Å². The molecule has 0 spiro atoms. The minimum absolute atomic E-state index is 0.105. The molecule has 4 aromatic rings. The number of hydrogen-bond acceptors (Lipinski definition) is 6. The second-order valence-corrected chi connectivity index (χ2v) is 7.78. The van der Waals surface area contributed by atoms with Gasteiger partial charge in [0.1, 0.15) is 11.1 Å². The Morgan fingerprint density at radius 3 is 2.71 bits per heavy atom. The monoisotopic (exact) mass is 435 g/mol. The van der Waals surface area contributed by atoms with Crippen LogP contribution in [0.4, 0.5) is 0 Å². The molecule has 0 aliphatic carbocycles. The Bertz CT molecular complexity index is 1270. The number of ether oxygens (including phenoxy) is 1. The normalized spacial score (nSPS) is 11.9. The number of aromatic nitrogens is 4. The highest BCUT2D eigenvalue weighted by atomic mass is 32.2. The molecular formula is C22H21N5O3S. The summed E-state index contributed by atoms with van der Waals surface area (Å²) in [6.45, 7) is 1.89. The number of carbonyl (C=O) groups excluding carboxylic acids is 1. The van der Waals surface area contributed by atoms with Gasteiger partial charge in [0.05, 0.1) is 30.8 Å². The van der Waals surface area contributed by atoms with E-state index in [1.165, 1.54) is 6.20 Å². The first-order chi connectivity index (χ1) is 15.1. The van der Waals surface area contributed by atoms with E-state index in [1.807, 2.05) is 61.5 Å². The van der Waals surface area contributed by atoms with E-state index in [0.717, 1.165) is 23.0 Å². The van der Waals surface area contributed by atoms with Gasteiger partial charge in [0.25, 0.3) is 5.56 Å². The zero-order valence-electron chi connectivity index (χ0n) is 17.0. The van der Waals surface area contributed by atoms with Crippen LogP contribution in [0.25, 0.3) is 16.7 Å². The largest absolute Gasteiger partial charge is 0.496 e. The lowest BCUT2D eigenvalue weighted by atomic mass is 10.1. The van der Waals surface area contributed by atoms with E-state index in [-0.39, 0.29) is 23.3 Å². The summed E-state index contributed by atoms with van der Waals surface area (Å²) in [6.07, 6.45) is 1.49. The number of thioether (sulfide) groups is 1. The third kappa shape index (κ3) is 4.46. The zero-order chi connectivity index (χ0) is 21.8. The molecule has 31 heavy (non-hydrogen) atoms. The van der Waals surface area contributed by atoms with Crippen molar-refractivity contribution in [2.24, 2.45) is 0 Å². The third-order valence-corrected chi connectivity index (χ3v) is 5.61. The van der Waals surface area contributed by atoms with Crippen LogP contribution < -0.4 is 15.6 Å². The molecule has 2 aromatic heterocycles. The van der Waals surface area contributed by atoms with Gasteiger partial charge in [0.2, 0.25) is 5.91 Å². The Morgan fingerprint density at radius 1 is 1.19 bits per heavy atom. The van der Waals surface area contributed by atoms with E-state index < -0.39 is 0 Å². The lowest BCUT2D eigenvalue weighted by Crippen LogP contribution is -2.28. The molecule has 1 atom stereocenters. The second kappa shape index (κ2) is 9.05. The predicted molar refractivity (Wildman–Crippen MR) is 120 cm³/mol. The summed E-state index contributed by atoms with van der Waals surface area (Å²) >= 11 is 1.16. The van der Waals surface area contributed by atoms with Crippen molar-refractivity contribution in [1.82, 2.24) is 25.1 Å². The van der Waals surface area contributed by atoms with Crippen LogP contribution in [-0.2, 0) is 4.79 Å². The van der Waals surface area contributed by atoms with Crippen molar-refractivity contribution in [3.8, 4) is 11.4 Å². The Kier molecular flexibility index (Phi) is 6.03. The lowest BCUT2D eigenvalue weighted by Gasteiger charge is -2.17. The number of fused-ring (bicyclic) bond motifs is 1. The van der Waals surface area contributed by atoms with Gasteiger partial charge < -0.3 is 15.0 Å². The topological polar surface area (TPSA) is 102 Å². The number of rotatable bonds is 7. The molecule has 0 radical (unpaired) electrons. The van der Waals surface area contributed by atoms with Gasteiger partial charge in [-0.25, -0.2) is 9.67 Å². The van der Waals surface area contributed by atoms with Crippen LogP contribution in [0.1, 0.15) is 18.5 Å². The summed E-state index contributed by atoms with van der Waals surface area (Å²) in [6, 6.07) is 16.8. The predicted octanol–water partition coefficient (Wildman–Crippen LogP) is 3.09. The number of carbonyl (C=O) groups is 1. The molecule has 8 nitrogen and oxygen atoms in total. The maximum atomic E-state index is 12.5. The number of hydrogen-bond donors (Lipinski definition) is 2. The number of nitrogens with one attached hydrogen (secondary N) is 2. The molecule has 2 N–H and O–H groups in total. The molecule has 0 bridgehead atoms. The summed E-state index contributed by atoms with van der Waals surface area (Å²) in [4.78, 5) is 32.2. The molecule has 1 amide bonds. The highest BCUT2D eigenvalue weighted by Crippen LogP contribution is 2.24. The average Bonchev–Trinajstić information content (AvgIpc) is 3.23. The maximum Gasteiger partial charge on any atom is 0.262 e. The van der Waals surface area contributed by atoms with E-state index >= 15 is 0 Å². The van der Waals surface area contributed by atoms with E-state index in [1.54, 1.807) is 11.8 Å². The number of benzene rings is 2. The van der Waals surface area contributed by atoms with Crippen molar-refractivity contribution in [2.45, 2.75) is 18.1 Å². The molecule has 2 aromatic carbocycles. The van der Waals surface area contributed by atoms with Crippen molar-refractivity contribution >= 4 is 28.7 Å². The third-order valence-electron chi connectivity index (χ3n) is 4.74. The summed E-state index contributed by atoms with van der Waals surface area (Å²) in [5.41, 5.74) is 1.84. The first-order valence-electron chi connectivity index (χ1n) is 9.65.